The molecule has 0 fully saturated rings. The van der Waals surface area contributed by atoms with E-state index in [0.717, 1.165) is 0 Å². The molecular formula is C10H6Cl2O4. The van der Waals surface area contributed by atoms with Gasteiger partial charge in [-0.05, 0) is 23.8 Å². The number of benzene rings is 1. The number of carbonyl (C=O) groups is 2. The largest absolute Gasteiger partial charge is 0.478 e. The molecular weight excluding hydrogens is 255 g/mol. The molecule has 1 rings (SSSR count). The Balaban J connectivity index is 3.32. The fourth-order valence-corrected chi connectivity index (χ4v) is 1.63. The van der Waals surface area contributed by atoms with Crippen molar-refractivity contribution in [2.75, 3.05) is 0 Å². The highest BCUT2D eigenvalue weighted by Gasteiger charge is 2.13. The number of hydrogen-bond donors (Lipinski definition) is 2. The SMILES string of the molecule is O=C(O)/C=C(/C(=O)O)c1cc(Cl)cc(Cl)c1. The van der Waals surface area contributed by atoms with Gasteiger partial charge >= 0.3 is 11.9 Å². The number of carboxylic acid groups (broad SMARTS) is 2. The first-order valence-corrected chi connectivity index (χ1v) is 4.80. The summed E-state index contributed by atoms with van der Waals surface area (Å²) in [6.07, 6.45) is 0.588. The summed E-state index contributed by atoms with van der Waals surface area (Å²) in [7, 11) is 0. The zero-order chi connectivity index (χ0) is 12.3. The maximum atomic E-state index is 10.8. The predicted molar refractivity (Wildman–Crippen MR) is 59.7 cm³/mol. The van der Waals surface area contributed by atoms with E-state index in [1.807, 2.05) is 0 Å². The molecule has 0 aliphatic carbocycles. The molecule has 0 aromatic heterocycles. The molecule has 0 unspecified atom stereocenters. The first kappa shape index (κ1) is 12.5. The Kier molecular flexibility index (Phi) is 3.93. The van der Waals surface area contributed by atoms with Crippen LogP contribution in [0.25, 0.3) is 5.57 Å². The molecule has 0 amide bonds. The molecule has 0 saturated heterocycles. The number of carboxylic acids is 2. The molecule has 0 aliphatic heterocycles. The van der Waals surface area contributed by atoms with Crippen LogP contribution >= 0.6 is 23.2 Å². The Morgan fingerprint density at radius 3 is 1.94 bits per heavy atom. The van der Waals surface area contributed by atoms with Crippen molar-refractivity contribution >= 4 is 40.7 Å². The van der Waals surface area contributed by atoms with Gasteiger partial charge in [-0.3, -0.25) is 0 Å². The lowest BCUT2D eigenvalue weighted by Gasteiger charge is -2.03. The van der Waals surface area contributed by atoms with Crippen LogP contribution < -0.4 is 0 Å². The van der Waals surface area contributed by atoms with E-state index in [9.17, 15) is 9.59 Å². The summed E-state index contributed by atoms with van der Waals surface area (Å²) in [6, 6.07) is 4.08. The van der Waals surface area contributed by atoms with E-state index < -0.39 is 11.9 Å². The van der Waals surface area contributed by atoms with Crippen molar-refractivity contribution in [3.8, 4) is 0 Å². The third-order valence-corrected chi connectivity index (χ3v) is 2.11. The standard InChI is InChI=1S/C10H6Cl2O4/c11-6-1-5(2-7(12)3-6)8(10(15)16)4-9(13)14/h1-4H,(H,13,14)(H,15,16)/b8-4+. The average Bonchev–Trinajstić information content (AvgIpc) is 2.11. The minimum atomic E-state index is -1.36. The maximum Gasteiger partial charge on any atom is 0.336 e. The van der Waals surface area contributed by atoms with E-state index in [2.05, 4.69) is 0 Å². The van der Waals surface area contributed by atoms with Gasteiger partial charge in [-0.25, -0.2) is 9.59 Å². The summed E-state index contributed by atoms with van der Waals surface area (Å²) in [5.41, 5.74) is -0.232. The Hall–Kier alpha value is -1.52. The Morgan fingerprint density at radius 2 is 1.56 bits per heavy atom. The molecule has 2 N–H and O–H groups in total. The molecule has 0 radical (unpaired) electrons. The van der Waals surface area contributed by atoms with Crippen molar-refractivity contribution in [3.63, 3.8) is 0 Å². The highest BCUT2D eigenvalue weighted by atomic mass is 35.5. The lowest BCUT2D eigenvalue weighted by molar-refractivity contribution is -0.133. The van der Waals surface area contributed by atoms with Gasteiger partial charge in [0, 0.05) is 16.1 Å². The van der Waals surface area contributed by atoms with Crippen LogP contribution in [0.4, 0.5) is 0 Å². The van der Waals surface area contributed by atoms with Crippen LogP contribution in [0, 0.1) is 0 Å². The van der Waals surface area contributed by atoms with Crippen molar-refractivity contribution in [3.05, 3.63) is 39.9 Å². The van der Waals surface area contributed by atoms with Crippen LogP contribution in [0.15, 0.2) is 24.3 Å². The lowest BCUT2D eigenvalue weighted by Crippen LogP contribution is -2.03. The van der Waals surface area contributed by atoms with Gasteiger partial charge in [0.2, 0.25) is 0 Å². The van der Waals surface area contributed by atoms with Crippen molar-refractivity contribution < 1.29 is 19.8 Å². The third-order valence-electron chi connectivity index (χ3n) is 1.67. The number of aliphatic carboxylic acids is 2. The smallest absolute Gasteiger partial charge is 0.336 e. The van der Waals surface area contributed by atoms with Gasteiger partial charge in [0.1, 0.15) is 0 Å². The number of rotatable bonds is 3. The topological polar surface area (TPSA) is 74.6 Å². The predicted octanol–water partition coefficient (Wildman–Crippen LogP) is 2.55. The Labute approximate surface area is 101 Å². The molecule has 16 heavy (non-hydrogen) atoms. The van der Waals surface area contributed by atoms with E-state index in [0.29, 0.717) is 6.08 Å². The number of halogens is 2. The quantitative estimate of drug-likeness (QED) is 0.820. The summed E-state index contributed by atoms with van der Waals surface area (Å²) in [4.78, 5) is 21.3. The summed E-state index contributed by atoms with van der Waals surface area (Å²) in [5.74, 6) is -2.71. The Morgan fingerprint density at radius 1 is 1.06 bits per heavy atom. The van der Waals surface area contributed by atoms with Crippen molar-refractivity contribution in [2.24, 2.45) is 0 Å². The van der Waals surface area contributed by atoms with Crippen LogP contribution in [0.2, 0.25) is 10.0 Å². The average molecular weight is 261 g/mol. The highest BCUT2D eigenvalue weighted by Crippen LogP contribution is 2.24. The fourth-order valence-electron chi connectivity index (χ4n) is 1.10. The van der Waals surface area contributed by atoms with Crippen LogP contribution in [0.5, 0.6) is 0 Å². The third kappa shape index (κ3) is 3.25. The molecule has 1 aromatic carbocycles. The molecule has 0 saturated carbocycles. The van der Waals surface area contributed by atoms with Crippen LogP contribution in [0.1, 0.15) is 5.56 Å². The highest BCUT2D eigenvalue weighted by molar-refractivity contribution is 6.35. The van der Waals surface area contributed by atoms with Crippen LogP contribution in [0.3, 0.4) is 0 Å². The normalized spacial score (nSPS) is 11.2. The van der Waals surface area contributed by atoms with Gasteiger partial charge in [0.15, 0.2) is 0 Å². The summed E-state index contributed by atoms with van der Waals surface area (Å²) >= 11 is 11.4. The lowest BCUT2D eigenvalue weighted by atomic mass is 10.1. The van der Waals surface area contributed by atoms with Gasteiger partial charge in [-0.15, -0.1) is 0 Å². The molecule has 0 heterocycles. The molecule has 0 bridgehead atoms. The monoisotopic (exact) mass is 260 g/mol. The molecule has 6 heteroatoms. The van der Waals surface area contributed by atoms with E-state index in [1.165, 1.54) is 18.2 Å². The van der Waals surface area contributed by atoms with E-state index in [1.54, 1.807) is 0 Å². The van der Waals surface area contributed by atoms with E-state index in [-0.39, 0.29) is 21.2 Å². The summed E-state index contributed by atoms with van der Waals surface area (Å²) in [6.45, 7) is 0. The fraction of sp³-hybridized carbons (Fsp3) is 0. The van der Waals surface area contributed by atoms with Gasteiger partial charge in [0.05, 0.1) is 5.57 Å². The first-order chi connectivity index (χ1) is 7.40. The molecule has 0 aliphatic rings. The molecule has 1 aromatic rings. The second-order valence-electron chi connectivity index (χ2n) is 2.86. The molecule has 4 nitrogen and oxygen atoms in total. The Bertz CT molecular complexity index is 459. The van der Waals surface area contributed by atoms with Gasteiger partial charge in [0.25, 0.3) is 0 Å². The van der Waals surface area contributed by atoms with E-state index >= 15 is 0 Å². The zero-order valence-corrected chi connectivity index (χ0v) is 9.29. The van der Waals surface area contributed by atoms with Gasteiger partial charge < -0.3 is 10.2 Å². The molecule has 0 spiro atoms. The summed E-state index contributed by atoms with van der Waals surface area (Å²) in [5, 5.41) is 17.8. The van der Waals surface area contributed by atoms with Crippen LogP contribution in [-0.4, -0.2) is 22.2 Å². The van der Waals surface area contributed by atoms with Gasteiger partial charge in [-0.1, -0.05) is 23.2 Å². The zero-order valence-electron chi connectivity index (χ0n) is 7.78. The first-order valence-electron chi connectivity index (χ1n) is 4.04. The summed E-state index contributed by atoms with van der Waals surface area (Å²) < 4.78 is 0. The second-order valence-corrected chi connectivity index (χ2v) is 3.73. The number of hydrogen-bond acceptors (Lipinski definition) is 2. The minimum absolute atomic E-state index is 0.146. The maximum absolute atomic E-state index is 10.8. The van der Waals surface area contributed by atoms with Crippen molar-refractivity contribution in [1.82, 2.24) is 0 Å². The van der Waals surface area contributed by atoms with Crippen LogP contribution in [-0.2, 0) is 9.59 Å². The van der Waals surface area contributed by atoms with Crippen molar-refractivity contribution in [2.45, 2.75) is 0 Å². The van der Waals surface area contributed by atoms with Crippen molar-refractivity contribution in [1.29, 1.82) is 0 Å². The second kappa shape index (κ2) is 5.01. The van der Waals surface area contributed by atoms with Gasteiger partial charge in [-0.2, -0.15) is 0 Å². The molecule has 0 atom stereocenters. The van der Waals surface area contributed by atoms with E-state index in [4.69, 9.17) is 33.4 Å². The molecule has 84 valence electrons. The minimum Gasteiger partial charge on any atom is -0.478 e.